The molecule has 3 heterocycles. The van der Waals surface area contributed by atoms with Crippen molar-refractivity contribution in [1.82, 2.24) is 19.2 Å². The predicted octanol–water partition coefficient (Wildman–Crippen LogP) is 2.48. The molecule has 0 unspecified atom stereocenters. The van der Waals surface area contributed by atoms with Gasteiger partial charge < -0.3 is 0 Å². The first kappa shape index (κ1) is 9.11. The lowest BCUT2D eigenvalue weighted by Gasteiger charge is -1.99. The van der Waals surface area contributed by atoms with E-state index in [0.29, 0.717) is 0 Å². The van der Waals surface area contributed by atoms with E-state index in [9.17, 15) is 0 Å². The van der Waals surface area contributed by atoms with Crippen molar-refractivity contribution in [3.63, 3.8) is 0 Å². The second kappa shape index (κ2) is 3.46. The second-order valence-corrected chi connectivity index (χ2v) is 4.46. The van der Waals surface area contributed by atoms with Gasteiger partial charge in [-0.1, -0.05) is 15.9 Å². The van der Waals surface area contributed by atoms with Crippen LogP contribution in [0.25, 0.3) is 10.8 Å². The van der Waals surface area contributed by atoms with Crippen molar-refractivity contribution in [3.8, 4) is 5.82 Å². The molecule has 0 bridgehead atoms. The van der Waals surface area contributed by atoms with E-state index in [0.717, 1.165) is 21.8 Å². The topological polar surface area (TPSA) is 35.1 Å². The van der Waals surface area contributed by atoms with Crippen molar-refractivity contribution in [2.45, 2.75) is 5.33 Å². The van der Waals surface area contributed by atoms with Crippen LogP contribution in [0.1, 0.15) is 5.69 Å². The monoisotopic (exact) mass is 282 g/mol. The van der Waals surface area contributed by atoms with E-state index in [1.165, 1.54) is 0 Å². The fourth-order valence-electron chi connectivity index (χ4n) is 1.52. The van der Waals surface area contributed by atoms with Gasteiger partial charge in [0.15, 0.2) is 10.8 Å². The van der Waals surface area contributed by atoms with Gasteiger partial charge in [0.25, 0.3) is 0 Å². The maximum absolute atomic E-state index is 4.54. The molecule has 76 valence electrons. The van der Waals surface area contributed by atoms with Gasteiger partial charge >= 0.3 is 0 Å². The lowest BCUT2D eigenvalue weighted by molar-refractivity contribution is 0.844. The summed E-state index contributed by atoms with van der Waals surface area (Å²) in [4.78, 5) is 5.53. The van der Waals surface area contributed by atoms with Gasteiger partial charge in [0.05, 0.1) is 5.69 Å². The quantitative estimate of drug-likeness (QED) is 0.677. The van der Waals surface area contributed by atoms with Crippen LogP contribution in [0.2, 0.25) is 0 Å². The van der Waals surface area contributed by atoms with Gasteiger partial charge in [0.2, 0.25) is 0 Å². The number of halogens is 1. The summed E-state index contributed by atoms with van der Waals surface area (Å²) in [5.41, 5.74) is 1.12. The molecule has 0 aromatic carbocycles. The fourth-order valence-corrected chi connectivity index (χ4v) is 2.77. The number of aromatic nitrogens is 4. The van der Waals surface area contributed by atoms with Crippen molar-refractivity contribution in [2.75, 3.05) is 0 Å². The van der Waals surface area contributed by atoms with Crippen molar-refractivity contribution in [3.05, 3.63) is 35.7 Å². The van der Waals surface area contributed by atoms with Crippen molar-refractivity contribution in [2.24, 2.45) is 0 Å². The summed E-state index contributed by atoms with van der Waals surface area (Å²) < 4.78 is 3.87. The van der Waals surface area contributed by atoms with Crippen molar-refractivity contribution in [1.29, 1.82) is 0 Å². The first-order valence-corrected chi connectivity index (χ1v) is 6.40. The average Bonchev–Trinajstić information content (AvgIpc) is 2.93. The van der Waals surface area contributed by atoms with Crippen molar-refractivity contribution >= 4 is 32.2 Å². The molecule has 0 N–H and O–H groups in total. The Balaban J connectivity index is 2.30. The van der Waals surface area contributed by atoms with Gasteiger partial charge in [-0.15, -0.1) is 11.3 Å². The standard InChI is InChI=1S/C9H7BrN4S/c10-6-7-8(14-3-1-2-11-14)12-9-13(7)4-5-15-9/h1-5H,6H2. The Hall–Kier alpha value is -1.14. The minimum atomic E-state index is 0.764. The lowest BCUT2D eigenvalue weighted by Crippen LogP contribution is -1.99. The molecule has 0 aliphatic rings. The maximum Gasteiger partial charge on any atom is 0.195 e. The molecule has 6 heteroatoms. The van der Waals surface area contributed by atoms with Gasteiger partial charge in [-0.2, -0.15) is 10.1 Å². The van der Waals surface area contributed by atoms with Gasteiger partial charge in [-0.05, 0) is 6.07 Å². The third kappa shape index (κ3) is 1.32. The second-order valence-electron chi connectivity index (χ2n) is 3.02. The largest absolute Gasteiger partial charge is 0.292 e. The van der Waals surface area contributed by atoms with E-state index >= 15 is 0 Å². The normalized spacial score (nSPS) is 11.3. The Morgan fingerprint density at radius 1 is 1.40 bits per heavy atom. The molecule has 0 radical (unpaired) electrons. The molecule has 15 heavy (non-hydrogen) atoms. The molecule has 0 aliphatic carbocycles. The van der Waals surface area contributed by atoms with E-state index in [-0.39, 0.29) is 0 Å². The highest BCUT2D eigenvalue weighted by molar-refractivity contribution is 9.08. The number of thiazole rings is 1. The van der Waals surface area contributed by atoms with E-state index in [1.807, 2.05) is 23.8 Å². The zero-order chi connectivity index (χ0) is 10.3. The summed E-state index contributed by atoms with van der Waals surface area (Å²) in [5.74, 6) is 0.892. The van der Waals surface area contributed by atoms with Gasteiger partial charge in [0, 0.05) is 29.3 Å². The lowest BCUT2D eigenvalue weighted by atomic mass is 10.5. The maximum atomic E-state index is 4.54. The van der Waals surface area contributed by atoms with Crippen LogP contribution in [0.3, 0.4) is 0 Å². The third-order valence-electron chi connectivity index (χ3n) is 2.19. The van der Waals surface area contributed by atoms with Gasteiger partial charge in [-0.3, -0.25) is 4.40 Å². The number of nitrogens with zero attached hydrogens (tertiary/aromatic N) is 4. The molecule has 0 fully saturated rings. The molecule has 3 rings (SSSR count). The van der Waals surface area contributed by atoms with Gasteiger partial charge in [-0.25, -0.2) is 4.68 Å². The molecule has 0 aliphatic heterocycles. The number of alkyl halides is 1. The van der Waals surface area contributed by atoms with Crippen LogP contribution in [0.4, 0.5) is 0 Å². The van der Waals surface area contributed by atoms with Gasteiger partial charge in [0.1, 0.15) is 0 Å². The summed E-state index contributed by atoms with van der Waals surface area (Å²) in [5, 5.41) is 6.99. The molecule has 4 nitrogen and oxygen atoms in total. The first-order chi connectivity index (χ1) is 7.40. The highest BCUT2D eigenvalue weighted by atomic mass is 79.9. The number of fused-ring (bicyclic) bond motifs is 1. The number of hydrogen-bond donors (Lipinski definition) is 0. The summed E-state index contributed by atoms with van der Waals surface area (Å²) in [6.45, 7) is 0. The summed E-state index contributed by atoms with van der Waals surface area (Å²) in [7, 11) is 0. The molecule has 3 aromatic heterocycles. The predicted molar refractivity (Wildman–Crippen MR) is 62.8 cm³/mol. The van der Waals surface area contributed by atoms with Crippen LogP contribution in [-0.2, 0) is 5.33 Å². The highest BCUT2D eigenvalue weighted by Crippen LogP contribution is 2.21. The smallest absolute Gasteiger partial charge is 0.195 e. The van der Waals surface area contributed by atoms with E-state index in [2.05, 4.69) is 30.4 Å². The molecule has 0 amide bonds. The summed E-state index contributed by atoms with van der Waals surface area (Å²) in [6.07, 6.45) is 5.68. The molecule has 0 atom stereocenters. The first-order valence-electron chi connectivity index (χ1n) is 4.40. The molecular weight excluding hydrogens is 276 g/mol. The molecule has 0 saturated carbocycles. The van der Waals surface area contributed by atoms with Crippen LogP contribution < -0.4 is 0 Å². The molecule has 0 saturated heterocycles. The SMILES string of the molecule is BrCc1c(-n2cccn2)nc2sccn12. The molecule has 0 spiro atoms. The molecular formula is C9H7BrN4S. The Morgan fingerprint density at radius 2 is 2.33 bits per heavy atom. The number of rotatable bonds is 2. The fraction of sp³-hybridized carbons (Fsp3) is 0.111. The van der Waals surface area contributed by atoms with E-state index in [1.54, 1.807) is 22.2 Å². The number of imidazole rings is 1. The molecule has 3 aromatic rings. The van der Waals surface area contributed by atoms with E-state index in [4.69, 9.17) is 0 Å². The minimum absolute atomic E-state index is 0.764. The Kier molecular flexibility index (Phi) is 2.10. The minimum Gasteiger partial charge on any atom is -0.292 e. The van der Waals surface area contributed by atoms with E-state index < -0.39 is 0 Å². The Bertz CT molecular complexity index is 580. The summed E-state index contributed by atoms with van der Waals surface area (Å²) in [6, 6.07) is 1.89. The van der Waals surface area contributed by atoms with Crippen LogP contribution in [0.5, 0.6) is 0 Å². The Labute approximate surface area is 98.3 Å². The summed E-state index contributed by atoms with van der Waals surface area (Å²) >= 11 is 5.11. The zero-order valence-electron chi connectivity index (χ0n) is 7.67. The van der Waals surface area contributed by atoms with Crippen LogP contribution in [0, 0.1) is 0 Å². The van der Waals surface area contributed by atoms with Crippen LogP contribution in [-0.4, -0.2) is 19.2 Å². The Morgan fingerprint density at radius 3 is 3.07 bits per heavy atom. The average molecular weight is 283 g/mol. The highest BCUT2D eigenvalue weighted by Gasteiger charge is 2.13. The zero-order valence-corrected chi connectivity index (χ0v) is 10.1. The number of hydrogen-bond acceptors (Lipinski definition) is 3. The third-order valence-corrected chi connectivity index (χ3v) is 3.48. The van der Waals surface area contributed by atoms with Crippen molar-refractivity contribution < 1.29 is 0 Å². The van der Waals surface area contributed by atoms with Crippen LogP contribution in [0.15, 0.2) is 30.0 Å². The van der Waals surface area contributed by atoms with Crippen LogP contribution >= 0.6 is 27.3 Å².